The molecule has 0 spiro atoms. The van der Waals surface area contributed by atoms with E-state index in [1.165, 1.54) is 6.07 Å². The van der Waals surface area contributed by atoms with Gasteiger partial charge in [0.2, 0.25) is 0 Å². The number of halogens is 4. The van der Waals surface area contributed by atoms with Crippen LogP contribution in [-0.4, -0.2) is 11.4 Å². The average molecular weight is 307 g/mol. The third kappa shape index (κ3) is 3.03. The van der Waals surface area contributed by atoms with Crippen LogP contribution in [0.3, 0.4) is 0 Å². The second-order valence-electron chi connectivity index (χ2n) is 3.76. The fourth-order valence-electron chi connectivity index (χ4n) is 1.61. The zero-order valence-corrected chi connectivity index (χ0v) is 10.4. The first-order valence-electron chi connectivity index (χ1n) is 5.13. The summed E-state index contributed by atoms with van der Waals surface area (Å²) in [6, 6.07) is 5.17. The molecule has 0 amide bonds. The molecule has 1 nitrogen and oxygen atoms in total. The molecule has 17 heavy (non-hydrogen) atoms. The average Bonchev–Trinajstić information content (AvgIpc) is 2.28. The first kappa shape index (κ1) is 12.5. The van der Waals surface area contributed by atoms with Gasteiger partial charge in [-0.3, -0.25) is 0 Å². The molecule has 1 aromatic carbocycles. The van der Waals surface area contributed by atoms with E-state index < -0.39 is 11.7 Å². The smallest absolute Gasteiger partial charge is 0.416 e. The van der Waals surface area contributed by atoms with Gasteiger partial charge in [-0.15, -0.1) is 0 Å². The summed E-state index contributed by atoms with van der Waals surface area (Å²) in [7, 11) is 0. The molecule has 0 saturated carbocycles. The topological polar surface area (TPSA) is 9.23 Å². The van der Waals surface area contributed by atoms with Crippen LogP contribution in [0.5, 0.6) is 0 Å². The molecule has 0 fully saturated rings. The fourth-order valence-corrected chi connectivity index (χ4v) is 2.03. The molecule has 0 N–H and O–H groups in total. The minimum atomic E-state index is -4.32. The molecule has 2 rings (SSSR count). The van der Waals surface area contributed by atoms with Crippen molar-refractivity contribution in [3.05, 3.63) is 41.5 Å². The lowest BCUT2D eigenvalue weighted by Gasteiger charge is -2.19. The van der Waals surface area contributed by atoms with Crippen molar-refractivity contribution in [2.75, 3.05) is 6.61 Å². The lowest BCUT2D eigenvalue weighted by atomic mass is 10.1. The molecule has 1 heterocycles. The van der Waals surface area contributed by atoms with Crippen LogP contribution in [0.4, 0.5) is 13.2 Å². The van der Waals surface area contributed by atoms with Crippen LogP contribution in [0.15, 0.2) is 30.3 Å². The maximum atomic E-state index is 12.5. The Hall–Kier alpha value is -0.970. The molecule has 5 heteroatoms. The first-order valence-corrected chi connectivity index (χ1v) is 6.05. The Morgan fingerprint density at radius 2 is 2.06 bits per heavy atom. The summed E-state index contributed by atoms with van der Waals surface area (Å²) >= 11 is 3.41. The monoisotopic (exact) mass is 306 g/mol. The minimum Gasteiger partial charge on any atom is -0.493 e. The molecule has 1 atom stereocenters. The number of benzene rings is 1. The van der Waals surface area contributed by atoms with Crippen LogP contribution < -0.4 is 0 Å². The van der Waals surface area contributed by atoms with Gasteiger partial charge in [0.25, 0.3) is 0 Å². The van der Waals surface area contributed by atoms with Gasteiger partial charge in [-0.2, -0.15) is 13.2 Å². The van der Waals surface area contributed by atoms with Crippen molar-refractivity contribution >= 4 is 21.7 Å². The van der Waals surface area contributed by atoms with Gasteiger partial charge < -0.3 is 4.74 Å². The van der Waals surface area contributed by atoms with E-state index in [1.54, 1.807) is 12.1 Å². The zero-order valence-electron chi connectivity index (χ0n) is 8.80. The summed E-state index contributed by atoms with van der Waals surface area (Å²) in [4.78, 5) is 0.154. The molecule has 1 aliphatic heterocycles. The van der Waals surface area contributed by atoms with Crippen LogP contribution in [0.2, 0.25) is 0 Å². The maximum Gasteiger partial charge on any atom is 0.416 e. The van der Waals surface area contributed by atoms with Crippen LogP contribution >= 0.6 is 15.9 Å². The van der Waals surface area contributed by atoms with Gasteiger partial charge in [-0.25, -0.2) is 0 Å². The van der Waals surface area contributed by atoms with Crippen molar-refractivity contribution < 1.29 is 17.9 Å². The van der Waals surface area contributed by atoms with Crippen molar-refractivity contribution in [1.29, 1.82) is 0 Å². The summed E-state index contributed by atoms with van der Waals surface area (Å²) in [6.45, 7) is 0.512. The predicted molar refractivity (Wildman–Crippen MR) is 62.7 cm³/mol. The number of hydrogen-bond donors (Lipinski definition) is 0. The van der Waals surface area contributed by atoms with E-state index in [2.05, 4.69) is 15.9 Å². The summed E-state index contributed by atoms with van der Waals surface area (Å²) in [5.41, 5.74) is -0.194. The van der Waals surface area contributed by atoms with Crippen LogP contribution in [0, 0.1) is 0 Å². The number of hydrogen-bond acceptors (Lipinski definition) is 1. The second kappa shape index (κ2) is 4.72. The first-order chi connectivity index (χ1) is 7.97. The number of alkyl halides is 4. The van der Waals surface area contributed by atoms with Gasteiger partial charge in [-0.05, 0) is 24.6 Å². The van der Waals surface area contributed by atoms with Gasteiger partial charge in [-0.1, -0.05) is 28.1 Å². The largest absolute Gasteiger partial charge is 0.493 e. The molecule has 92 valence electrons. The van der Waals surface area contributed by atoms with Crippen molar-refractivity contribution in [2.45, 2.75) is 17.4 Å². The van der Waals surface area contributed by atoms with E-state index in [0.717, 1.165) is 18.6 Å². The zero-order chi connectivity index (χ0) is 12.5. The fraction of sp³-hybridized carbons (Fsp3) is 0.333. The highest BCUT2D eigenvalue weighted by atomic mass is 79.9. The highest BCUT2D eigenvalue weighted by Crippen LogP contribution is 2.32. The Kier molecular flexibility index (Phi) is 3.47. The van der Waals surface area contributed by atoms with Crippen LogP contribution in [0.25, 0.3) is 5.76 Å². The predicted octanol–water partition coefficient (Wildman–Crippen LogP) is 4.23. The Bertz CT molecular complexity index is 440. The molecule has 0 radical (unpaired) electrons. The van der Waals surface area contributed by atoms with E-state index in [9.17, 15) is 13.2 Å². The van der Waals surface area contributed by atoms with E-state index >= 15 is 0 Å². The highest BCUT2D eigenvalue weighted by Gasteiger charge is 2.30. The Morgan fingerprint density at radius 1 is 1.29 bits per heavy atom. The number of allylic oxidation sites excluding steroid dienone is 1. The van der Waals surface area contributed by atoms with Crippen molar-refractivity contribution in [2.24, 2.45) is 0 Å². The summed E-state index contributed by atoms with van der Waals surface area (Å²) in [6.07, 6.45) is -1.71. The quantitative estimate of drug-likeness (QED) is 0.706. The van der Waals surface area contributed by atoms with Crippen molar-refractivity contribution in [3.8, 4) is 0 Å². The Balaban J connectivity index is 2.34. The molecule has 0 aliphatic carbocycles. The van der Waals surface area contributed by atoms with Gasteiger partial charge in [0.15, 0.2) is 0 Å². The Morgan fingerprint density at radius 3 is 2.71 bits per heavy atom. The third-order valence-electron chi connectivity index (χ3n) is 2.46. The summed E-state index contributed by atoms with van der Waals surface area (Å²) < 4.78 is 43.0. The van der Waals surface area contributed by atoms with Gasteiger partial charge in [0.1, 0.15) is 5.76 Å². The standard InChI is InChI=1S/C12H10BrF3O/c13-10-4-5-17-11(7-10)8-2-1-3-9(6-8)12(14,15)16/h1-3,6-7,10H,4-5H2. The van der Waals surface area contributed by atoms with E-state index in [0.29, 0.717) is 17.9 Å². The maximum absolute atomic E-state index is 12.5. The third-order valence-corrected chi connectivity index (χ3v) is 3.18. The number of ether oxygens (including phenoxy) is 1. The van der Waals surface area contributed by atoms with Gasteiger partial charge in [0.05, 0.1) is 12.2 Å². The van der Waals surface area contributed by atoms with Crippen LogP contribution in [0.1, 0.15) is 17.5 Å². The van der Waals surface area contributed by atoms with Crippen molar-refractivity contribution in [3.63, 3.8) is 0 Å². The molecule has 0 saturated heterocycles. The lowest BCUT2D eigenvalue weighted by Crippen LogP contribution is -2.10. The Labute approximate surface area is 105 Å². The number of rotatable bonds is 1. The highest BCUT2D eigenvalue weighted by molar-refractivity contribution is 9.09. The van der Waals surface area contributed by atoms with Gasteiger partial charge >= 0.3 is 6.18 Å². The minimum absolute atomic E-state index is 0.154. The van der Waals surface area contributed by atoms with E-state index in [-0.39, 0.29) is 4.83 Å². The molecule has 0 aromatic heterocycles. The van der Waals surface area contributed by atoms with Gasteiger partial charge in [0, 0.05) is 10.4 Å². The van der Waals surface area contributed by atoms with Crippen LogP contribution in [-0.2, 0) is 10.9 Å². The van der Waals surface area contributed by atoms with E-state index in [1.807, 2.05) is 0 Å². The lowest BCUT2D eigenvalue weighted by molar-refractivity contribution is -0.137. The molecular formula is C12H10BrF3O. The normalized spacial score (nSPS) is 20.7. The molecular weight excluding hydrogens is 297 g/mol. The molecule has 1 unspecified atom stereocenters. The van der Waals surface area contributed by atoms with E-state index in [4.69, 9.17) is 4.74 Å². The molecule has 0 bridgehead atoms. The van der Waals surface area contributed by atoms with Crippen molar-refractivity contribution in [1.82, 2.24) is 0 Å². The SMILES string of the molecule is FC(F)(F)c1cccc(C2=CC(Br)CCO2)c1. The summed E-state index contributed by atoms with van der Waals surface area (Å²) in [5.74, 6) is 0.504. The summed E-state index contributed by atoms with van der Waals surface area (Å²) in [5, 5.41) is 0. The molecule has 1 aliphatic rings. The molecule has 1 aromatic rings. The second-order valence-corrected chi connectivity index (χ2v) is 4.94.